The largest absolute Gasteiger partial charge is 0.368 e. The van der Waals surface area contributed by atoms with Crippen LogP contribution in [-0.2, 0) is 10.0 Å². The molecule has 9 heteroatoms. The molecule has 0 radical (unpaired) electrons. The molecule has 0 unspecified atom stereocenters. The van der Waals surface area contributed by atoms with E-state index in [0.717, 1.165) is 31.9 Å². The molecule has 1 N–H and O–H groups in total. The van der Waals surface area contributed by atoms with Crippen molar-refractivity contribution in [1.82, 2.24) is 9.21 Å². The van der Waals surface area contributed by atoms with Gasteiger partial charge in [-0.3, -0.25) is 0 Å². The van der Waals surface area contributed by atoms with Gasteiger partial charge >= 0.3 is 0 Å². The first-order chi connectivity index (χ1) is 13.3. The average Bonchev–Trinajstić information content (AvgIpc) is 2.69. The van der Waals surface area contributed by atoms with E-state index >= 15 is 0 Å². The topological polar surface area (TPSA) is 55.9 Å². The van der Waals surface area contributed by atoms with Gasteiger partial charge in [0.15, 0.2) is 5.11 Å². The Morgan fingerprint density at radius 3 is 2.32 bits per heavy atom. The fourth-order valence-corrected chi connectivity index (χ4v) is 4.22. The van der Waals surface area contributed by atoms with Crippen molar-refractivity contribution in [3.63, 3.8) is 0 Å². The lowest BCUT2D eigenvalue weighted by molar-refractivity contribution is 0.391. The van der Waals surface area contributed by atoms with E-state index in [9.17, 15) is 12.8 Å². The van der Waals surface area contributed by atoms with Crippen molar-refractivity contribution in [2.45, 2.75) is 4.90 Å². The maximum atomic E-state index is 13.1. The Morgan fingerprint density at radius 1 is 1.07 bits per heavy atom. The first-order valence-corrected chi connectivity index (χ1v) is 10.7. The van der Waals surface area contributed by atoms with Gasteiger partial charge in [-0.1, -0.05) is 6.07 Å². The zero-order valence-electron chi connectivity index (χ0n) is 15.8. The van der Waals surface area contributed by atoms with E-state index in [0.29, 0.717) is 10.8 Å². The van der Waals surface area contributed by atoms with Crippen molar-refractivity contribution in [1.29, 1.82) is 0 Å². The van der Waals surface area contributed by atoms with Gasteiger partial charge in [-0.25, -0.2) is 17.1 Å². The van der Waals surface area contributed by atoms with E-state index in [1.54, 1.807) is 36.4 Å². The van der Waals surface area contributed by atoms with Crippen LogP contribution in [-0.4, -0.2) is 63.0 Å². The number of piperazine rings is 1. The molecule has 1 aliphatic heterocycles. The summed E-state index contributed by atoms with van der Waals surface area (Å²) in [6, 6.07) is 13.1. The third-order valence-corrected chi connectivity index (χ3v) is 6.79. The van der Waals surface area contributed by atoms with E-state index in [1.165, 1.54) is 30.5 Å². The number of thiocarbonyl (C=S) groups is 1. The summed E-state index contributed by atoms with van der Waals surface area (Å²) in [5, 5.41) is 3.69. The minimum Gasteiger partial charge on any atom is -0.368 e. The molecule has 2 aromatic rings. The number of benzene rings is 2. The second-order valence-corrected chi connectivity index (χ2v) is 9.23. The number of nitrogens with zero attached hydrogens (tertiary/aromatic N) is 3. The fourth-order valence-electron chi connectivity index (χ4n) is 2.97. The van der Waals surface area contributed by atoms with Crippen LogP contribution in [0.1, 0.15) is 0 Å². The molecule has 150 valence electrons. The standard InChI is InChI=1S/C19H23FN4O2S2/c1-22(2)28(25,26)18-5-3-4-16(14-18)21-19(27)24-12-10-23(11-13-24)17-8-6-15(20)7-9-17/h3-9,14H,10-13H2,1-2H3,(H,21,27). The highest BCUT2D eigenvalue weighted by Crippen LogP contribution is 2.20. The molecular weight excluding hydrogens is 399 g/mol. The van der Waals surface area contributed by atoms with Crippen LogP contribution in [0.25, 0.3) is 0 Å². The number of sulfonamides is 1. The van der Waals surface area contributed by atoms with E-state index in [-0.39, 0.29) is 10.7 Å². The monoisotopic (exact) mass is 422 g/mol. The fraction of sp³-hybridized carbons (Fsp3) is 0.316. The van der Waals surface area contributed by atoms with Gasteiger partial charge in [-0.05, 0) is 54.7 Å². The van der Waals surface area contributed by atoms with Crippen LogP contribution in [0.5, 0.6) is 0 Å². The van der Waals surface area contributed by atoms with Crippen LogP contribution in [0.3, 0.4) is 0 Å². The SMILES string of the molecule is CN(C)S(=O)(=O)c1cccc(NC(=S)N2CCN(c3ccc(F)cc3)CC2)c1. The zero-order chi connectivity index (χ0) is 20.3. The quantitative estimate of drug-likeness (QED) is 0.765. The molecule has 0 aliphatic carbocycles. The summed E-state index contributed by atoms with van der Waals surface area (Å²) in [5.74, 6) is -0.244. The second kappa shape index (κ2) is 8.42. The molecule has 1 saturated heterocycles. The van der Waals surface area contributed by atoms with Gasteiger partial charge in [0.2, 0.25) is 10.0 Å². The molecule has 1 aliphatic rings. The molecule has 28 heavy (non-hydrogen) atoms. The summed E-state index contributed by atoms with van der Waals surface area (Å²) in [6.45, 7) is 2.97. The predicted molar refractivity (Wildman–Crippen MR) is 114 cm³/mol. The number of hydrogen-bond donors (Lipinski definition) is 1. The van der Waals surface area contributed by atoms with Crippen molar-refractivity contribution in [3.8, 4) is 0 Å². The van der Waals surface area contributed by atoms with Gasteiger partial charge in [0, 0.05) is 51.6 Å². The third kappa shape index (κ3) is 4.60. The van der Waals surface area contributed by atoms with Crippen molar-refractivity contribution in [2.75, 3.05) is 50.5 Å². The highest BCUT2D eigenvalue weighted by Gasteiger charge is 2.21. The lowest BCUT2D eigenvalue weighted by Crippen LogP contribution is -2.50. The van der Waals surface area contributed by atoms with Crippen LogP contribution in [0.4, 0.5) is 15.8 Å². The Kier molecular flexibility index (Phi) is 6.17. The summed E-state index contributed by atoms with van der Waals surface area (Å²) in [5.41, 5.74) is 1.62. The predicted octanol–water partition coefficient (Wildman–Crippen LogP) is 2.60. The molecule has 0 bridgehead atoms. The Bertz CT molecular complexity index is 941. The summed E-state index contributed by atoms with van der Waals surface area (Å²) in [7, 11) is -0.497. The molecule has 0 saturated carbocycles. The second-order valence-electron chi connectivity index (χ2n) is 6.70. The Balaban J connectivity index is 1.61. The molecule has 3 rings (SSSR count). The van der Waals surface area contributed by atoms with Crippen LogP contribution >= 0.6 is 12.2 Å². The maximum Gasteiger partial charge on any atom is 0.242 e. The Hall–Kier alpha value is -2.23. The molecular formula is C19H23FN4O2S2. The Morgan fingerprint density at radius 2 is 1.71 bits per heavy atom. The smallest absolute Gasteiger partial charge is 0.242 e. The van der Waals surface area contributed by atoms with E-state index < -0.39 is 10.0 Å². The van der Waals surface area contributed by atoms with Gasteiger partial charge in [-0.15, -0.1) is 0 Å². The number of hydrogen-bond acceptors (Lipinski definition) is 4. The maximum absolute atomic E-state index is 13.1. The number of anilines is 2. The molecule has 0 aromatic heterocycles. The molecule has 6 nitrogen and oxygen atoms in total. The first-order valence-electron chi connectivity index (χ1n) is 8.86. The molecule has 1 heterocycles. The Labute approximate surface area is 170 Å². The van der Waals surface area contributed by atoms with Gasteiger partial charge in [0.1, 0.15) is 5.82 Å². The lowest BCUT2D eigenvalue weighted by atomic mass is 10.2. The number of nitrogens with one attached hydrogen (secondary N) is 1. The van der Waals surface area contributed by atoms with Gasteiger partial charge in [0.05, 0.1) is 4.90 Å². The highest BCUT2D eigenvalue weighted by atomic mass is 32.2. The van der Waals surface area contributed by atoms with E-state index in [4.69, 9.17) is 12.2 Å². The number of halogens is 1. The third-order valence-electron chi connectivity index (χ3n) is 4.62. The molecule has 1 fully saturated rings. The van der Waals surface area contributed by atoms with Crippen LogP contribution in [0.15, 0.2) is 53.4 Å². The highest BCUT2D eigenvalue weighted by molar-refractivity contribution is 7.89. The van der Waals surface area contributed by atoms with Crippen molar-refractivity contribution in [3.05, 3.63) is 54.3 Å². The van der Waals surface area contributed by atoms with Gasteiger partial charge in [-0.2, -0.15) is 0 Å². The van der Waals surface area contributed by atoms with Crippen molar-refractivity contribution >= 4 is 38.7 Å². The summed E-state index contributed by atoms with van der Waals surface area (Å²) in [4.78, 5) is 4.44. The first kappa shape index (κ1) is 20.5. The average molecular weight is 423 g/mol. The normalized spacial score (nSPS) is 15.0. The van der Waals surface area contributed by atoms with E-state index in [2.05, 4.69) is 10.2 Å². The minimum absolute atomic E-state index is 0.214. The van der Waals surface area contributed by atoms with Gasteiger partial charge < -0.3 is 15.1 Å². The lowest BCUT2D eigenvalue weighted by Gasteiger charge is -2.37. The molecule has 0 spiro atoms. The summed E-state index contributed by atoms with van der Waals surface area (Å²) < 4.78 is 38.8. The molecule has 0 amide bonds. The van der Waals surface area contributed by atoms with Crippen molar-refractivity contribution < 1.29 is 12.8 Å². The van der Waals surface area contributed by atoms with Gasteiger partial charge in [0.25, 0.3) is 0 Å². The minimum atomic E-state index is -3.50. The van der Waals surface area contributed by atoms with E-state index in [1.807, 2.05) is 4.90 Å². The zero-order valence-corrected chi connectivity index (χ0v) is 17.4. The summed E-state index contributed by atoms with van der Waals surface area (Å²) in [6.07, 6.45) is 0. The van der Waals surface area contributed by atoms with Crippen LogP contribution in [0.2, 0.25) is 0 Å². The summed E-state index contributed by atoms with van der Waals surface area (Å²) >= 11 is 5.50. The molecule has 0 atom stereocenters. The molecule has 2 aromatic carbocycles. The number of rotatable bonds is 4. The van der Waals surface area contributed by atoms with Crippen LogP contribution in [0, 0.1) is 5.82 Å². The van der Waals surface area contributed by atoms with Crippen LogP contribution < -0.4 is 10.2 Å². The van der Waals surface area contributed by atoms with Crippen molar-refractivity contribution in [2.24, 2.45) is 0 Å².